The van der Waals surface area contributed by atoms with Gasteiger partial charge >= 0.3 is 0 Å². The molecule has 3 aromatic heterocycles. The third kappa shape index (κ3) is 5.42. The summed E-state index contributed by atoms with van der Waals surface area (Å²) >= 11 is 0. The maximum absolute atomic E-state index is 14.1. The van der Waals surface area contributed by atoms with Gasteiger partial charge in [-0.15, -0.1) is 0 Å². The van der Waals surface area contributed by atoms with E-state index in [-0.39, 0.29) is 23.0 Å². The van der Waals surface area contributed by atoms with Gasteiger partial charge in [0.25, 0.3) is 11.5 Å². The highest BCUT2D eigenvalue weighted by Crippen LogP contribution is 2.24. The van der Waals surface area contributed by atoms with Gasteiger partial charge in [0.2, 0.25) is 5.91 Å². The minimum atomic E-state index is -0.600. The smallest absolute Gasteiger partial charge is 0.274 e. The first-order valence-electron chi connectivity index (χ1n) is 12.9. The number of pyridine rings is 1. The van der Waals surface area contributed by atoms with Crippen molar-refractivity contribution >= 4 is 34.1 Å². The maximum Gasteiger partial charge on any atom is 0.274 e. The number of para-hydroxylation sites is 1. The van der Waals surface area contributed by atoms with Crippen LogP contribution < -0.4 is 21.9 Å². The van der Waals surface area contributed by atoms with Crippen LogP contribution in [0.15, 0.2) is 90.4 Å². The zero-order valence-corrected chi connectivity index (χ0v) is 22.3. The average molecular weight is 546 g/mol. The number of hydrogen-bond donors (Lipinski definition) is 3. The number of carbonyl (C=O) groups excluding carboxylic acids is 2. The van der Waals surface area contributed by atoms with Crippen LogP contribution in [-0.4, -0.2) is 37.5 Å². The van der Waals surface area contributed by atoms with E-state index in [0.29, 0.717) is 46.3 Å². The number of hydrogen-bond acceptors (Lipinski definition) is 6. The highest BCUT2D eigenvalue weighted by Gasteiger charge is 2.23. The summed E-state index contributed by atoms with van der Waals surface area (Å²) in [4.78, 5) is 43.1. The fraction of sp³-hybridized carbons (Fsp3) is 0.129. The maximum atomic E-state index is 14.1. The predicted octanol–water partition coefficient (Wildman–Crippen LogP) is 3.15. The zero-order valence-electron chi connectivity index (χ0n) is 22.3. The Balaban J connectivity index is 1.56. The molecule has 0 aliphatic heterocycles. The van der Waals surface area contributed by atoms with Crippen LogP contribution in [0.4, 0.5) is 5.82 Å². The Morgan fingerprint density at radius 3 is 2.71 bits per heavy atom. The number of imidazole rings is 1. The second-order valence-corrected chi connectivity index (χ2v) is 9.20. The number of fused-ring (bicyclic) bond motifs is 2. The van der Waals surface area contributed by atoms with E-state index in [9.17, 15) is 14.4 Å². The summed E-state index contributed by atoms with van der Waals surface area (Å²) < 4.78 is 2.97. The van der Waals surface area contributed by atoms with E-state index < -0.39 is 11.9 Å². The van der Waals surface area contributed by atoms with E-state index in [4.69, 9.17) is 5.73 Å². The normalized spacial score (nSPS) is 11.4. The fourth-order valence-corrected chi connectivity index (χ4v) is 4.58. The highest BCUT2D eigenvalue weighted by atomic mass is 16.2. The number of carbonyl (C=O) groups is 2. The molecule has 41 heavy (non-hydrogen) atoms. The third-order valence-corrected chi connectivity index (χ3v) is 6.47. The summed E-state index contributed by atoms with van der Waals surface area (Å²) in [6.45, 7) is 5.59. The van der Waals surface area contributed by atoms with Gasteiger partial charge in [0.15, 0.2) is 17.2 Å². The summed E-state index contributed by atoms with van der Waals surface area (Å²) in [5.74, 6) is 5.42. The Morgan fingerprint density at radius 2 is 1.93 bits per heavy atom. The number of amides is 2. The molecule has 5 aromatic rings. The minimum absolute atomic E-state index is 0.0552. The van der Waals surface area contributed by atoms with Gasteiger partial charge in [-0.3, -0.25) is 19.0 Å². The van der Waals surface area contributed by atoms with E-state index in [2.05, 4.69) is 39.1 Å². The molecule has 0 saturated carbocycles. The van der Waals surface area contributed by atoms with Gasteiger partial charge < -0.3 is 16.4 Å². The average Bonchev–Trinajstić information content (AvgIpc) is 3.32. The molecule has 2 aromatic carbocycles. The molecule has 0 radical (unpaired) electrons. The van der Waals surface area contributed by atoms with Crippen molar-refractivity contribution < 1.29 is 9.59 Å². The first-order valence-corrected chi connectivity index (χ1v) is 12.9. The van der Waals surface area contributed by atoms with Crippen molar-refractivity contribution in [3.05, 3.63) is 113 Å². The lowest BCUT2D eigenvalue weighted by atomic mass is 10.0. The lowest BCUT2D eigenvalue weighted by Gasteiger charge is -2.21. The Kier molecular flexibility index (Phi) is 7.60. The van der Waals surface area contributed by atoms with Crippen molar-refractivity contribution in [3.63, 3.8) is 0 Å². The highest BCUT2D eigenvalue weighted by molar-refractivity contribution is 5.98. The molecule has 0 saturated heterocycles. The van der Waals surface area contributed by atoms with Crippen LogP contribution >= 0.6 is 0 Å². The first-order chi connectivity index (χ1) is 19.9. The van der Waals surface area contributed by atoms with Crippen molar-refractivity contribution in [1.29, 1.82) is 0 Å². The Labute approximate surface area is 235 Å². The first kappa shape index (κ1) is 26.9. The van der Waals surface area contributed by atoms with E-state index >= 15 is 0 Å². The van der Waals surface area contributed by atoms with Crippen LogP contribution in [0, 0.1) is 11.8 Å². The van der Waals surface area contributed by atoms with Crippen LogP contribution in [0.3, 0.4) is 0 Å². The van der Waals surface area contributed by atoms with Crippen LogP contribution in [0.1, 0.15) is 41.1 Å². The van der Waals surface area contributed by atoms with E-state index in [1.165, 1.54) is 10.6 Å². The van der Waals surface area contributed by atoms with E-state index in [0.717, 1.165) is 0 Å². The molecule has 0 aliphatic rings. The SMILES string of the molecule is C=CC(=O)NCCC#Cc1cccc2cc(C(C)NC(=O)c3c(N)nc4cccnn34)n(-c3ccccc3)c(=O)c12. The summed E-state index contributed by atoms with van der Waals surface area (Å²) in [7, 11) is 0. The van der Waals surface area contributed by atoms with Gasteiger partial charge in [-0.25, -0.2) is 9.50 Å². The predicted molar refractivity (Wildman–Crippen MR) is 158 cm³/mol. The number of rotatable bonds is 7. The molecule has 1 unspecified atom stereocenters. The van der Waals surface area contributed by atoms with E-state index in [1.54, 1.807) is 35.9 Å². The molecular formula is C31H27N7O3. The molecule has 0 bridgehead atoms. The molecule has 10 nitrogen and oxygen atoms in total. The molecule has 204 valence electrons. The number of benzene rings is 2. The third-order valence-electron chi connectivity index (χ3n) is 6.47. The summed E-state index contributed by atoms with van der Waals surface area (Å²) in [5, 5.41) is 11.0. The topological polar surface area (TPSA) is 136 Å². The molecule has 5 rings (SSSR count). The summed E-state index contributed by atoms with van der Waals surface area (Å²) in [6, 6.07) is 19.3. The lowest BCUT2D eigenvalue weighted by Crippen LogP contribution is -2.33. The standard InChI is InChI=1S/C31H27N7O3/c1-3-26(39)33-17-8-7-11-21-12-9-13-22-19-24(37(31(41)27(21)22)23-14-5-4-6-15-23)20(2)35-30(40)28-29(32)36-25-16-10-18-34-38(25)28/h3-6,9-10,12-16,18-20H,1,8,17,32H2,2H3,(H,33,39)(H,35,40). The summed E-state index contributed by atoms with van der Waals surface area (Å²) in [5.41, 5.74) is 8.13. The molecular weight excluding hydrogens is 518 g/mol. The summed E-state index contributed by atoms with van der Waals surface area (Å²) in [6.07, 6.45) is 3.16. The van der Waals surface area contributed by atoms with Crippen molar-refractivity contribution in [2.24, 2.45) is 0 Å². The number of nitrogens with two attached hydrogens (primary N) is 1. The molecule has 0 fully saturated rings. The van der Waals surface area contributed by atoms with Crippen molar-refractivity contribution in [1.82, 2.24) is 29.8 Å². The van der Waals surface area contributed by atoms with Gasteiger partial charge in [0, 0.05) is 36.1 Å². The lowest BCUT2D eigenvalue weighted by molar-refractivity contribution is -0.116. The van der Waals surface area contributed by atoms with Crippen molar-refractivity contribution in [2.45, 2.75) is 19.4 Å². The van der Waals surface area contributed by atoms with Crippen LogP contribution in [0.25, 0.3) is 22.1 Å². The molecule has 3 heterocycles. The number of anilines is 1. The van der Waals surface area contributed by atoms with Crippen LogP contribution in [-0.2, 0) is 4.79 Å². The second-order valence-electron chi connectivity index (χ2n) is 9.20. The monoisotopic (exact) mass is 545 g/mol. The molecule has 10 heteroatoms. The number of nitrogen functional groups attached to an aromatic ring is 1. The molecule has 4 N–H and O–H groups in total. The minimum Gasteiger partial charge on any atom is -0.382 e. The number of nitrogens with zero attached hydrogens (tertiary/aromatic N) is 4. The fourth-order valence-electron chi connectivity index (χ4n) is 4.58. The number of nitrogens with one attached hydrogen (secondary N) is 2. The second kappa shape index (κ2) is 11.6. The molecule has 0 aliphatic carbocycles. The zero-order chi connectivity index (χ0) is 28.9. The van der Waals surface area contributed by atoms with Gasteiger partial charge in [-0.2, -0.15) is 5.10 Å². The van der Waals surface area contributed by atoms with Gasteiger partial charge in [-0.1, -0.05) is 48.8 Å². The van der Waals surface area contributed by atoms with Gasteiger partial charge in [-0.05, 0) is 54.8 Å². The molecule has 2 amide bonds. The van der Waals surface area contributed by atoms with Crippen molar-refractivity contribution in [3.8, 4) is 17.5 Å². The van der Waals surface area contributed by atoms with Crippen LogP contribution in [0.5, 0.6) is 0 Å². The van der Waals surface area contributed by atoms with Crippen molar-refractivity contribution in [2.75, 3.05) is 12.3 Å². The largest absolute Gasteiger partial charge is 0.382 e. The molecule has 0 spiro atoms. The van der Waals surface area contributed by atoms with Gasteiger partial charge in [0.05, 0.1) is 11.4 Å². The Morgan fingerprint density at radius 1 is 1.12 bits per heavy atom. The quantitative estimate of drug-likeness (QED) is 0.163. The Hall–Kier alpha value is -5.69. The Bertz CT molecular complexity index is 1910. The van der Waals surface area contributed by atoms with Crippen LogP contribution in [0.2, 0.25) is 0 Å². The van der Waals surface area contributed by atoms with Gasteiger partial charge in [0.1, 0.15) is 0 Å². The van der Waals surface area contributed by atoms with E-state index in [1.807, 2.05) is 48.5 Å². The number of aromatic nitrogens is 4. The molecule has 1 atom stereocenters.